The highest BCUT2D eigenvalue weighted by atomic mass is 16.6. The summed E-state index contributed by atoms with van der Waals surface area (Å²) in [6.07, 6.45) is -0.413. The van der Waals surface area contributed by atoms with Crippen LogP contribution < -0.4 is 15.4 Å². The van der Waals surface area contributed by atoms with Gasteiger partial charge >= 0.3 is 6.09 Å². The molecule has 0 saturated carbocycles. The van der Waals surface area contributed by atoms with E-state index in [0.717, 1.165) is 17.7 Å². The third-order valence-corrected chi connectivity index (χ3v) is 2.40. The monoisotopic (exact) mass is 222 g/mol. The largest absolute Gasteiger partial charge is 0.412 e. The van der Waals surface area contributed by atoms with Crippen molar-refractivity contribution in [1.29, 1.82) is 0 Å². The molecule has 2 N–H and O–H groups in total. The maximum Gasteiger partial charge on any atom is 0.412 e. The first-order valence-corrected chi connectivity index (χ1v) is 5.31. The molecule has 0 aliphatic heterocycles. The van der Waals surface area contributed by atoms with Crippen molar-refractivity contribution in [2.45, 2.75) is 13.8 Å². The number of carbonyl (C=O) groups excluding carboxylic acids is 1. The first-order valence-electron chi connectivity index (χ1n) is 5.31. The fraction of sp³-hybridized carbons (Fsp3) is 0.417. The van der Waals surface area contributed by atoms with Gasteiger partial charge in [0.1, 0.15) is 5.75 Å². The van der Waals surface area contributed by atoms with Crippen molar-refractivity contribution in [3.05, 3.63) is 29.3 Å². The lowest BCUT2D eigenvalue weighted by molar-refractivity contribution is 0.200. The third kappa shape index (κ3) is 3.55. The minimum absolute atomic E-state index is 0.413. The Morgan fingerprint density at radius 3 is 2.75 bits per heavy atom. The number of amides is 1. The molecule has 0 heterocycles. The molecule has 0 atom stereocenters. The molecule has 4 heteroatoms. The summed E-state index contributed by atoms with van der Waals surface area (Å²) in [6.45, 7) is 5.20. The summed E-state index contributed by atoms with van der Waals surface area (Å²) < 4.78 is 5.19. The number of benzene rings is 1. The Morgan fingerprint density at radius 1 is 1.31 bits per heavy atom. The SMILES string of the molecule is CNCCNC(=O)Oc1cccc(C)c1C. The topological polar surface area (TPSA) is 50.4 Å². The number of carbonyl (C=O) groups is 1. The van der Waals surface area contributed by atoms with E-state index < -0.39 is 6.09 Å². The van der Waals surface area contributed by atoms with Gasteiger partial charge in [-0.2, -0.15) is 0 Å². The Kier molecular flexibility index (Phi) is 4.79. The Balaban J connectivity index is 2.53. The van der Waals surface area contributed by atoms with Crippen LogP contribution in [0.5, 0.6) is 5.75 Å². The molecule has 0 saturated heterocycles. The summed E-state index contributed by atoms with van der Waals surface area (Å²) in [5, 5.41) is 5.59. The molecule has 0 unspecified atom stereocenters. The van der Waals surface area contributed by atoms with Crippen molar-refractivity contribution in [2.75, 3.05) is 20.1 Å². The number of likely N-dealkylation sites (N-methyl/N-ethyl adjacent to an activating group) is 1. The zero-order valence-electron chi connectivity index (χ0n) is 9.96. The quantitative estimate of drug-likeness (QED) is 0.761. The predicted octanol–water partition coefficient (Wildman–Crippen LogP) is 1.61. The molecule has 0 bridgehead atoms. The van der Waals surface area contributed by atoms with E-state index in [0.29, 0.717) is 12.3 Å². The summed E-state index contributed by atoms with van der Waals surface area (Å²) >= 11 is 0. The average Bonchev–Trinajstić information content (AvgIpc) is 2.25. The lowest BCUT2D eigenvalue weighted by atomic mass is 10.1. The van der Waals surface area contributed by atoms with Gasteiger partial charge in [0.2, 0.25) is 0 Å². The summed E-state index contributed by atoms with van der Waals surface area (Å²) in [5.41, 5.74) is 2.10. The molecular formula is C12H18N2O2. The molecular weight excluding hydrogens is 204 g/mol. The lowest BCUT2D eigenvalue weighted by Crippen LogP contribution is -2.32. The van der Waals surface area contributed by atoms with Crippen LogP contribution in [-0.4, -0.2) is 26.2 Å². The van der Waals surface area contributed by atoms with Gasteiger partial charge in [0.25, 0.3) is 0 Å². The van der Waals surface area contributed by atoms with Crippen molar-refractivity contribution in [2.24, 2.45) is 0 Å². The maximum atomic E-state index is 11.4. The van der Waals surface area contributed by atoms with Gasteiger partial charge in [0.05, 0.1) is 0 Å². The van der Waals surface area contributed by atoms with Crippen LogP contribution in [0.15, 0.2) is 18.2 Å². The molecule has 1 rings (SSSR count). The van der Waals surface area contributed by atoms with E-state index >= 15 is 0 Å². The van der Waals surface area contributed by atoms with Gasteiger partial charge < -0.3 is 15.4 Å². The highest BCUT2D eigenvalue weighted by Gasteiger charge is 2.06. The first kappa shape index (κ1) is 12.5. The molecule has 16 heavy (non-hydrogen) atoms. The van der Waals surface area contributed by atoms with E-state index in [4.69, 9.17) is 4.74 Å². The fourth-order valence-corrected chi connectivity index (χ4v) is 1.26. The number of hydrogen-bond acceptors (Lipinski definition) is 3. The van der Waals surface area contributed by atoms with E-state index in [-0.39, 0.29) is 0 Å². The second-order valence-electron chi connectivity index (χ2n) is 3.62. The van der Waals surface area contributed by atoms with Crippen molar-refractivity contribution in [1.82, 2.24) is 10.6 Å². The maximum absolute atomic E-state index is 11.4. The summed E-state index contributed by atoms with van der Waals surface area (Å²) in [6, 6.07) is 5.65. The molecule has 0 spiro atoms. The second-order valence-corrected chi connectivity index (χ2v) is 3.62. The molecule has 1 aromatic rings. The second kappa shape index (κ2) is 6.12. The van der Waals surface area contributed by atoms with Gasteiger partial charge in [-0.05, 0) is 38.1 Å². The molecule has 4 nitrogen and oxygen atoms in total. The normalized spacial score (nSPS) is 9.94. The van der Waals surface area contributed by atoms with Crippen LogP contribution in [0.4, 0.5) is 4.79 Å². The van der Waals surface area contributed by atoms with Crippen LogP contribution >= 0.6 is 0 Å². The van der Waals surface area contributed by atoms with Crippen LogP contribution in [0.1, 0.15) is 11.1 Å². The van der Waals surface area contributed by atoms with Gasteiger partial charge in [-0.1, -0.05) is 12.1 Å². The molecule has 0 aromatic heterocycles. The molecule has 0 aliphatic carbocycles. The highest BCUT2D eigenvalue weighted by Crippen LogP contribution is 2.20. The molecule has 1 aromatic carbocycles. The van der Waals surface area contributed by atoms with Crippen LogP contribution in [0.25, 0.3) is 0 Å². The first-order chi connectivity index (χ1) is 7.65. The van der Waals surface area contributed by atoms with Crippen molar-refractivity contribution in [3.63, 3.8) is 0 Å². The minimum atomic E-state index is -0.413. The van der Waals surface area contributed by atoms with Gasteiger partial charge in [-0.15, -0.1) is 0 Å². The number of aryl methyl sites for hydroxylation is 1. The van der Waals surface area contributed by atoms with E-state index in [1.165, 1.54) is 0 Å². The van der Waals surface area contributed by atoms with Gasteiger partial charge in [-0.3, -0.25) is 0 Å². The van der Waals surface area contributed by atoms with Crippen molar-refractivity contribution in [3.8, 4) is 5.75 Å². The number of nitrogens with one attached hydrogen (secondary N) is 2. The van der Waals surface area contributed by atoms with E-state index in [2.05, 4.69) is 10.6 Å². The Hall–Kier alpha value is -1.55. The van der Waals surface area contributed by atoms with Gasteiger partial charge in [-0.25, -0.2) is 4.79 Å². The third-order valence-electron chi connectivity index (χ3n) is 2.40. The van der Waals surface area contributed by atoms with Crippen LogP contribution in [0.3, 0.4) is 0 Å². The van der Waals surface area contributed by atoms with Crippen LogP contribution in [0, 0.1) is 13.8 Å². The van der Waals surface area contributed by atoms with E-state index in [1.807, 2.05) is 33.0 Å². The lowest BCUT2D eigenvalue weighted by Gasteiger charge is -2.09. The zero-order chi connectivity index (χ0) is 12.0. The number of ether oxygens (including phenoxy) is 1. The number of rotatable bonds is 4. The van der Waals surface area contributed by atoms with Crippen molar-refractivity contribution < 1.29 is 9.53 Å². The van der Waals surface area contributed by atoms with E-state index in [9.17, 15) is 4.79 Å². The Bertz CT molecular complexity index is 364. The average molecular weight is 222 g/mol. The van der Waals surface area contributed by atoms with Gasteiger partial charge in [0.15, 0.2) is 0 Å². The van der Waals surface area contributed by atoms with Crippen molar-refractivity contribution >= 4 is 6.09 Å². The Morgan fingerprint density at radius 2 is 2.06 bits per heavy atom. The Labute approximate surface area is 96.0 Å². The minimum Gasteiger partial charge on any atom is -0.410 e. The van der Waals surface area contributed by atoms with Gasteiger partial charge in [0, 0.05) is 13.1 Å². The van der Waals surface area contributed by atoms with E-state index in [1.54, 1.807) is 6.07 Å². The molecule has 0 fully saturated rings. The predicted molar refractivity (Wildman–Crippen MR) is 63.9 cm³/mol. The fourth-order valence-electron chi connectivity index (χ4n) is 1.26. The summed E-state index contributed by atoms with van der Waals surface area (Å²) in [5.74, 6) is 0.613. The smallest absolute Gasteiger partial charge is 0.410 e. The van der Waals surface area contributed by atoms with Crippen LogP contribution in [-0.2, 0) is 0 Å². The zero-order valence-corrected chi connectivity index (χ0v) is 9.96. The molecule has 88 valence electrons. The number of hydrogen-bond donors (Lipinski definition) is 2. The standard InChI is InChI=1S/C12H18N2O2/c1-9-5-4-6-11(10(9)2)16-12(15)14-8-7-13-3/h4-6,13H,7-8H2,1-3H3,(H,14,15). The molecule has 0 radical (unpaired) electrons. The summed E-state index contributed by atoms with van der Waals surface area (Å²) in [7, 11) is 1.83. The highest BCUT2D eigenvalue weighted by molar-refractivity contribution is 5.70. The summed E-state index contributed by atoms with van der Waals surface area (Å²) in [4.78, 5) is 11.4. The molecule has 1 amide bonds. The molecule has 0 aliphatic rings. The van der Waals surface area contributed by atoms with Crippen LogP contribution in [0.2, 0.25) is 0 Å².